The van der Waals surface area contributed by atoms with Gasteiger partial charge in [0.15, 0.2) is 0 Å². The van der Waals surface area contributed by atoms with Crippen LogP contribution < -0.4 is 0 Å². The van der Waals surface area contributed by atoms with Gasteiger partial charge in [0, 0.05) is 11.6 Å². The van der Waals surface area contributed by atoms with Crippen molar-refractivity contribution in [3.8, 4) is 11.1 Å². The molecule has 0 spiro atoms. The minimum absolute atomic E-state index is 0.147. The number of nitro groups is 1. The van der Waals surface area contributed by atoms with E-state index in [0.717, 1.165) is 0 Å². The summed E-state index contributed by atoms with van der Waals surface area (Å²) in [6, 6.07) is 8.17. The summed E-state index contributed by atoms with van der Waals surface area (Å²) in [5.41, 5.74) is -3.35. The molecule has 0 radical (unpaired) electrons. The average Bonchev–Trinajstić information content (AvgIpc) is 2.45. The molecular formula is C14H8F3NO4. The van der Waals surface area contributed by atoms with Gasteiger partial charge in [-0.1, -0.05) is 30.3 Å². The van der Waals surface area contributed by atoms with Crippen LogP contribution in [0.1, 0.15) is 15.9 Å². The lowest BCUT2D eigenvalue weighted by molar-refractivity contribution is -0.385. The Labute approximate surface area is 121 Å². The topological polar surface area (TPSA) is 80.4 Å². The van der Waals surface area contributed by atoms with Crippen LogP contribution >= 0.6 is 0 Å². The maximum atomic E-state index is 12.9. The number of nitrogens with zero attached hydrogens (tertiary/aromatic N) is 1. The molecule has 22 heavy (non-hydrogen) atoms. The highest BCUT2D eigenvalue weighted by molar-refractivity contribution is 6.00. The van der Waals surface area contributed by atoms with Gasteiger partial charge in [0.05, 0.1) is 10.5 Å². The molecular weight excluding hydrogens is 303 g/mol. The zero-order valence-electron chi connectivity index (χ0n) is 10.8. The molecule has 2 aromatic carbocycles. The van der Waals surface area contributed by atoms with Gasteiger partial charge < -0.3 is 5.11 Å². The van der Waals surface area contributed by atoms with Crippen molar-refractivity contribution in [1.29, 1.82) is 0 Å². The minimum Gasteiger partial charge on any atom is -0.477 e. The molecule has 0 heterocycles. The van der Waals surface area contributed by atoms with Crippen molar-refractivity contribution in [3.05, 3.63) is 63.7 Å². The summed E-state index contributed by atoms with van der Waals surface area (Å²) >= 11 is 0. The molecule has 0 atom stereocenters. The molecule has 2 aromatic rings. The van der Waals surface area contributed by atoms with Gasteiger partial charge in [-0.3, -0.25) is 10.1 Å². The molecule has 2 rings (SSSR count). The van der Waals surface area contributed by atoms with Crippen molar-refractivity contribution in [3.63, 3.8) is 0 Å². The number of alkyl halides is 3. The van der Waals surface area contributed by atoms with E-state index >= 15 is 0 Å². The number of nitro benzene ring substituents is 1. The Bertz CT molecular complexity index is 742. The van der Waals surface area contributed by atoms with Gasteiger partial charge in [0.25, 0.3) is 5.69 Å². The van der Waals surface area contributed by atoms with Crippen molar-refractivity contribution < 1.29 is 28.0 Å². The summed E-state index contributed by atoms with van der Waals surface area (Å²) in [7, 11) is 0. The third-order valence-corrected chi connectivity index (χ3v) is 2.94. The third-order valence-electron chi connectivity index (χ3n) is 2.94. The van der Waals surface area contributed by atoms with Crippen LogP contribution in [0.25, 0.3) is 11.1 Å². The Morgan fingerprint density at radius 3 is 2.18 bits per heavy atom. The molecule has 0 aliphatic rings. The van der Waals surface area contributed by atoms with Gasteiger partial charge in [-0.05, 0) is 11.6 Å². The molecule has 8 heteroatoms. The van der Waals surface area contributed by atoms with Crippen molar-refractivity contribution in [2.75, 3.05) is 0 Å². The highest BCUT2D eigenvalue weighted by atomic mass is 19.4. The number of rotatable bonds is 3. The number of halogens is 3. The Kier molecular flexibility index (Phi) is 3.85. The molecule has 0 amide bonds. The van der Waals surface area contributed by atoms with E-state index < -0.39 is 33.9 Å². The van der Waals surface area contributed by atoms with E-state index in [1.807, 2.05) is 0 Å². The maximum absolute atomic E-state index is 12.9. The lowest BCUT2D eigenvalue weighted by atomic mass is 9.95. The zero-order valence-corrected chi connectivity index (χ0v) is 10.8. The molecule has 0 aliphatic heterocycles. The quantitative estimate of drug-likeness (QED) is 0.686. The van der Waals surface area contributed by atoms with Crippen LogP contribution in [0.3, 0.4) is 0 Å². The summed E-state index contributed by atoms with van der Waals surface area (Å²) in [5.74, 6) is -1.67. The SMILES string of the molecule is O=C(O)c1c(-c2ccccc2)cc(C(F)(F)F)cc1[N+](=O)[O-]. The van der Waals surface area contributed by atoms with E-state index in [1.165, 1.54) is 24.3 Å². The smallest absolute Gasteiger partial charge is 0.416 e. The predicted molar refractivity (Wildman–Crippen MR) is 70.5 cm³/mol. The van der Waals surface area contributed by atoms with Gasteiger partial charge in [-0.2, -0.15) is 13.2 Å². The number of carbonyl (C=O) groups is 1. The number of hydrogen-bond donors (Lipinski definition) is 1. The largest absolute Gasteiger partial charge is 0.477 e. The summed E-state index contributed by atoms with van der Waals surface area (Å²) < 4.78 is 38.7. The van der Waals surface area contributed by atoms with Crippen molar-refractivity contribution in [2.45, 2.75) is 6.18 Å². The third kappa shape index (κ3) is 2.90. The Hall–Kier alpha value is -2.90. The lowest BCUT2D eigenvalue weighted by Gasteiger charge is -2.12. The van der Waals surface area contributed by atoms with Gasteiger partial charge in [0.1, 0.15) is 5.56 Å². The number of carboxylic acid groups (broad SMARTS) is 1. The zero-order chi connectivity index (χ0) is 16.5. The maximum Gasteiger partial charge on any atom is 0.416 e. The Balaban J connectivity index is 2.87. The molecule has 0 fully saturated rings. The molecule has 0 aliphatic carbocycles. The molecule has 5 nitrogen and oxygen atoms in total. The van der Waals surface area contributed by atoms with Crippen LogP contribution in [0.4, 0.5) is 18.9 Å². The van der Waals surface area contributed by atoms with Crippen LogP contribution in [0.15, 0.2) is 42.5 Å². The van der Waals surface area contributed by atoms with Gasteiger partial charge in [-0.25, -0.2) is 4.79 Å². The highest BCUT2D eigenvalue weighted by Gasteiger charge is 2.36. The van der Waals surface area contributed by atoms with Crippen LogP contribution in [0, 0.1) is 10.1 Å². The fourth-order valence-corrected chi connectivity index (χ4v) is 2.00. The number of aromatic carboxylic acids is 1. The van der Waals surface area contributed by atoms with E-state index in [0.29, 0.717) is 6.07 Å². The van der Waals surface area contributed by atoms with Gasteiger partial charge in [-0.15, -0.1) is 0 Å². The average molecular weight is 311 g/mol. The lowest BCUT2D eigenvalue weighted by Crippen LogP contribution is -2.11. The van der Waals surface area contributed by atoms with Gasteiger partial charge >= 0.3 is 12.1 Å². The normalized spacial score (nSPS) is 11.2. The molecule has 114 valence electrons. The molecule has 0 saturated heterocycles. The van der Waals surface area contributed by atoms with E-state index in [2.05, 4.69) is 0 Å². The minimum atomic E-state index is -4.83. The first-order valence-electron chi connectivity index (χ1n) is 5.90. The fourth-order valence-electron chi connectivity index (χ4n) is 2.00. The van der Waals surface area contributed by atoms with Crippen LogP contribution in [0.5, 0.6) is 0 Å². The highest BCUT2D eigenvalue weighted by Crippen LogP contribution is 2.38. The predicted octanol–water partition coefficient (Wildman–Crippen LogP) is 3.98. The van der Waals surface area contributed by atoms with E-state index in [9.17, 15) is 28.1 Å². The second-order valence-corrected chi connectivity index (χ2v) is 4.34. The molecule has 0 bridgehead atoms. The first-order chi connectivity index (χ1) is 10.2. The molecule has 1 N–H and O–H groups in total. The van der Waals surface area contributed by atoms with E-state index in [4.69, 9.17) is 5.11 Å². The Morgan fingerprint density at radius 2 is 1.73 bits per heavy atom. The molecule has 0 saturated carbocycles. The summed E-state index contributed by atoms with van der Waals surface area (Å²) in [4.78, 5) is 21.1. The number of hydrogen-bond acceptors (Lipinski definition) is 3. The van der Waals surface area contributed by atoms with Crippen LogP contribution in [0.2, 0.25) is 0 Å². The molecule has 0 unspecified atom stereocenters. The summed E-state index contributed by atoms with van der Waals surface area (Å²) in [5, 5.41) is 20.1. The van der Waals surface area contributed by atoms with E-state index in [-0.39, 0.29) is 17.2 Å². The van der Waals surface area contributed by atoms with Crippen molar-refractivity contribution in [2.24, 2.45) is 0 Å². The van der Waals surface area contributed by atoms with Crippen LogP contribution in [-0.4, -0.2) is 16.0 Å². The number of carboxylic acids is 1. The summed E-state index contributed by atoms with van der Waals surface area (Å²) in [6.07, 6.45) is -4.83. The van der Waals surface area contributed by atoms with Gasteiger partial charge in [0.2, 0.25) is 0 Å². The van der Waals surface area contributed by atoms with E-state index in [1.54, 1.807) is 6.07 Å². The summed E-state index contributed by atoms with van der Waals surface area (Å²) in [6.45, 7) is 0. The second kappa shape index (κ2) is 5.47. The monoisotopic (exact) mass is 311 g/mol. The number of benzene rings is 2. The molecule has 0 aromatic heterocycles. The van der Waals surface area contributed by atoms with Crippen molar-refractivity contribution >= 4 is 11.7 Å². The first-order valence-corrected chi connectivity index (χ1v) is 5.90. The van der Waals surface area contributed by atoms with Crippen LogP contribution in [-0.2, 0) is 6.18 Å². The van der Waals surface area contributed by atoms with Crippen molar-refractivity contribution in [1.82, 2.24) is 0 Å². The standard InChI is InChI=1S/C14H8F3NO4/c15-14(16,17)9-6-10(8-4-2-1-3-5-8)12(13(19)20)11(7-9)18(21)22/h1-7H,(H,19,20). The Morgan fingerprint density at radius 1 is 1.14 bits per heavy atom. The fraction of sp³-hybridized carbons (Fsp3) is 0.0714. The first kappa shape index (κ1) is 15.5. The second-order valence-electron chi connectivity index (χ2n) is 4.34.